The van der Waals surface area contributed by atoms with Crippen LogP contribution < -0.4 is 4.74 Å². The van der Waals surface area contributed by atoms with Gasteiger partial charge < -0.3 is 14.2 Å². The van der Waals surface area contributed by atoms with Crippen molar-refractivity contribution in [1.29, 1.82) is 0 Å². The van der Waals surface area contributed by atoms with Gasteiger partial charge in [0.1, 0.15) is 11.6 Å². The first-order chi connectivity index (χ1) is 13.8. The fourth-order valence-corrected chi connectivity index (χ4v) is 4.31. The molecule has 2 fully saturated rings. The number of carbonyl (C=O) groups excluding carboxylic acids is 1. The highest BCUT2D eigenvalue weighted by atomic mass is 16.5. The molecule has 1 amide bonds. The summed E-state index contributed by atoms with van der Waals surface area (Å²) in [4.78, 5) is 19.9. The van der Waals surface area contributed by atoms with Gasteiger partial charge in [-0.15, -0.1) is 0 Å². The molecule has 2 aromatic rings. The molecule has 0 bridgehead atoms. The summed E-state index contributed by atoms with van der Waals surface area (Å²) in [5.74, 6) is 3.05. The first kappa shape index (κ1) is 19.0. The minimum Gasteiger partial charge on any atom is -0.493 e. The summed E-state index contributed by atoms with van der Waals surface area (Å²) in [5.41, 5.74) is 0.675. The molecule has 0 N–H and O–H groups in total. The number of aromatic nitrogens is 2. The van der Waals surface area contributed by atoms with E-state index in [0.717, 1.165) is 50.6 Å². The molecule has 0 radical (unpaired) electrons. The number of para-hydroxylation sites is 1. The van der Waals surface area contributed by atoms with Crippen LogP contribution in [0.15, 0.2) is 36.7 Å². The Balaban J connectivity index is 1.47. The minimum absolute atomic E-state index is 0.0773. The maximum absolute atomic E-state index is 13.2. The van der Waals surface area contributed by atoms with Crippen LogP contribution in [0.2, 0.25) is 0 Å². The largest absolute Gasteiger partial charge is 0.493 e. The Morgan fingerprint density at radius 3 is 2.86 bits per heavy atom. The van der Waals surface area contributed by atoms with Crippen molar-refractivity contribution in [2.75, 3.05) is 19.7 Å². The lowest BCUT2D eigenvalue weighted by Crippen LogP contribution is -2.40. The Kier molecular flexibility index (Phi) is 5.98. The summed E-state index contributed by atoms with van der Waals surface area (Å²) < 4.78 is 8.15. The van der Waals surface area contributed by atoms with Gasteiger partial charge in [-0.2, -0.15) is 0 Å². The highest BCUT2D eigenvalue weighted by molar-refractivity contribution is 5.97. The van der Waals surface area contributed by atoms with Crippen LogP contribution in [0.5, 0.6) is 5.75 Å². The number of likely N-dealkylation sites (tertiary alicyclic amines) is 1. The second-order valence-electron chi connectivity index (χ2n) is 8.17. The van der Waals surface area contributed by atoms with Crippen LogP contribution in [0.1, 0.15) is 67.5 Å². The van der Waals surface area contributed by atoms with Crippen molar-refractivity contribution in [3.8, 4) is 5.75 Å². The molecule has 1 saturated carbocycles. The van der Waals surface area contributed by atoms with Gasteiger partial charge in [0.05, 0.1) is 12.2 Å². The zero-order valence-corrected chi connectivity index (χ0v) is 16.8. The number of nitrogens with zero attached hydrogens (tertiary/aromatic N) is 3. The monoisotopic (exact) mass is 381 g/mol. The van der Waals surface area contributed by atoms with Crippen LogP contribution in [0.25, 0.3) is 0 Å². The fraction of sp³-hybridized carbons (Fsp3) is 0.565. The first-order valence-electron chi connectivity index (χ1n) is 10.8. The lowest BCUT2D eigenvalue weighted by Gasteiger charge is -2.34. The van der Waals surface area contributed by atoms with E-state index in [9.17, 15) is 4.79 Å². The van der Waals surface area contributed by atoms with E-state index in [1.807, 2.05) is 35.4 Å². The number of imidazole rings is 1. The van der Waals surface area contributed by atoms with Gasteiger partial charge in [-0.3, -0.25) is 4.79 Å². The molecule has 1 aromatic carbocycles. The lowest BCUT2D eigenvalue weighted by molar-refractivity contribution is 0.0698. The predicted molar refractivity (Wildman–Crippen MR) is 110 cm³/mol. The average Bonchev–Trinajstić information content (AvgIpc) is 3.17. The Morgan fingerprint density at radius 2 is 2.07 bits per heavy atom. The molecule has 5 nitrogen and oxygen atoms in total. The van der Waals surface area contributed by atoms with E-state index >= 15 is 0 Å². The van der Waals surface area contributed by atoms with Crippen LogP contribution >= 0.6 is 0 Å². The standard InChI is InChI=1S/C23H31N3O2/c1-2-15-28-21-11-4-3-10-20(21)23(27)26-13-6-9-19(17-26)22-24-12-14-25(22)16-18-7-5-8-18/h3-4,10-12,14,18-19H,2,5-9,13,15-17H2,1H3/t19-/m1/s1. The highest BCUT2D eigenvalue weighted by Crippen LogP contribution is 2.32. The molecule has 5 heteroatoms. The van der Waals surface area contributed by atoms with Crippen molar-refractivity contribution in [1.82, 2.24) is 14.5 Å². The summed E-state index contributed by atoms with van der Waals surface area (Å²) in [6.45, 7) is 5.33. The topological polar surface area (TPSA) is 47.4 Å². The summed E-state index contributed by atoms with van der Waals surface area (Å²) in [7, 11) is 0. The van der Waals surface area contributed by atoms with Gasteiger partial charge in [-0.25, -0.2) is 4.98 Å². The second-order valence-corrected chi connectivity index (χ2v) is 8.17. The molecule has 150 valence electrons. The normalized spacial score (nSPS) is 20.0. The van der Waals surface area contributed by atoms with Crippen LogP contribution in [0, 0.1) is 5.92 Å². The summed E-state index contributed by atoms with van der Waals surface area (Å²) in [6, 6.07) is 7.63. The smallest absolute Gasteiger partial charge is 0.257 e. The van der Waals surface area contributed by atoms with E-state index < -0.39 is 0 Å². The quantitative estimate of drug-likeness (QED) is 0.710. The minimum atomic E-state index is 0.0773. The fourth-order valence-electron chi connectivity index (χ4n) is 4.31. The number of ether oxygens (including phenoxy) is 1. The Bertz CT molecular complexity index is 797. The third-order valence-corrected chi connectivity index (χ3v) is 6.08. The second kappa shape index (κ2) is 8.80. The number of piperidine rings is 1. The Labute approximate surface area is 167 Å². The van der Waals surface area contributed by atoms with Gasteiger partial charge >= 0.3 is 0 Å². The summed E-state index contributed by atoms with van der Waals surface area (Å²) in [5, 5.41) is 0. The number of amides is 1. The van der Waals surface area contributed by atoms with Gasteiger partial charge in [0, 0.05) is 37.9 Å². The highest BCUT2D eigenvalue weighted by Gasteiger charge is 2.30. The molecule has 1 saturated heterocycles. The number of benzene rings is 1. The number of hydrogen-bond donors (Lipinski definition) is 0. The molecule has 0 unspecified atom stereocenters. The molecule has 4 rings (SSSR count). The molecule has 1 aliphatic heterocycles. The molecule has 0 spiro atoms. The molecule has 2 heterocycles. The molecule has 28 heavy (non-hydrogen) atoms. The third-order valence-electron chi connectivity index (χ3n) is 6.08. The third kappa shape index (κ3) is 4.08. The number of rotatable bonds is 7. The molecular formula is C23H31N3O2. The number of carbonyl (C=O) groups is 1. The Morgan fingerprint density at radius 1 is 1.21 bits per heavy atom. The van der Waals surface area contributed by atoms with E-state index in [2.05, 4.69) is 22.7 Å². The van der Waals surface area contributed by atoms with Crippen molar-refractivity contribution < 1.29 is 9.53 Å². The van der Waals surface area contributed by atoms with Crippen molar-refractivity contribution in [2.45, 2.75) is 57.9 Å². The predicted octanol–water partition coefficient (Wildman–Crippen LogP) is 4.49. The zero-order valence-electron chi connectivity index (χ0n) is 16.8. The maximum atomic E-state index is 13.2. The van der Waals surface area contributed by atoms with E-state index in [1.54, 1.807) is 0 Å². The van der Waals surface area contributed by atoms with Crippen molar-refractivity contribution >= 4 is 5.91 Å². The van der Waals surface area contributed by atoms with Gasteiger partial charge in [0.15, 0.2) is 0 Å². The molecule has 2 aliphatic rings. The van der Waals surface area contributed by atoms with Crippen LogP contribution in [-0.2, 0) is 6.54 Å². The SMILES string of the molecule is CCCOc1ccccc1C(=O)N1CCC[C@@H](c2nccn2CC2CCC2)C1. The molecule has 1 aromatic heterocycles. The maximum Gasteiger partial charge on any atom is 0.257 e. The van der Waals surface area contributed by atoms with E-state index in [4.69, 9.17) is 4.74 Å². The van der Waals surface area contributed by atoms with Crippen LogP contribution in [0.3, 0.4) is 0 Å². The van der Waals surface area contributed by atoms with Crippen LogP contribution in [0.4, 0.5) is 0 Å². The van der Waals surface area contributed by atoms with E-state index in [1.165, 1.54) is 19.3 Å². The zero-order chi connectivity index (χ0) is 19.3. The van der Waals surface area contributed by atoms with Gasteiger partial charge in [0.25, 0.3) is 5.91 Å². The Hall–Kier alpha value is -2.30. The number of hydrogen-bond acceptors (Lipinski definition) is 3. The van der Waals surface area contributed by atoms with Crippen LogP contribution in [-0.4, -0.2) is 40.1 Å². The van der Waals surface area contributed by atoms with Gasteiger partial charge in [-0.1, -0.05) is 25.5 Å². The summed E-state index contributed by atoms with van der Waals surface area (Å²) >= 11 is 0. The van der Waals surface area contributed by atoms with E-state index in [-0.39, 0.29) is 5.91 Å². The van der Waals surface area contributed by atoms with Gasteiger partial charge in [0.2, 0.25) is 0 Å². The molecule has 1 atom stereocenters. The van der Waals surface area contributed by atoms with Gasteiger partial charge in [-0.05, 0) is 50.2 Å². The molecule has 1 aliphatic carbocycles. The van der Waals surface area contributed by atoms with Crippen molar-refractivity contribution in [3.05, 3.63) is 48.0 Å². The summed E-state index contributed by atoms with van der Waals surface area (Å²) in [6.07, 6.45) is 11.1. The molecular weight excluding hydrogens is 350 g/mol. The first-order valence-corrected chi connectivity index (χ1v) is 10.8. The van der Waals surface area contributed by atoms with Crippen molar-refractivity contribution in [3.63, 3.8) is 0 Å². The van der Waals surface area contributed by atoms with E-state index in [0.29, 0.717) is 23.8 Å². The average molecular weight is 382 g/mol. The van der Waals surface area contributed by atoms with Crippen molar-refractivity contribution in [2.24, 2.45) is 5.92 Å². The lowest BCUT2D eigenvalue weighted by atomic mass is 9.85.